The van der Waals surface area contributed by atoms with Gasteiger partial charge in [-0.05, 0) is 253 Å². The molecule has 2 aromatic heterocycles. The molecular weight excluding hydrogens is 1600 g/mol. The monoisotopic (exact) mass is 1700 g/mol. The molecule has 2 atom stereocenters. The SMILES string of the molecule is C=Cc1ccc(OCCCCc2ccc(C3(c4ccc(C(C)(C)C)cc4)c4ccccc4-c4ccc(Nc5cccc6c5oc5cc(N(c7ccc(F)c(F)c7)c7cccc8c7oc7c(N(c9ccc(F)c(F)c9)c9ccc%10c(c9)C(c9ccc(CCCCOc%11ccc(C=C)cc%11)cc9)(c9ccc(C(C)(C)C)cc9)c9ccccc9-%10)cccc78)ccc56)cc43)cc2)cc1. The van der Waals surface area contributed by atoms with Gasteiger partial charge in [0, 0.05) is 62.5 Å². The summed E-state index contributed by atoms with van der Waals surface area (Å²) in [5.41, 5.74) is 25.1. The van der Waals surface area contributed by atoms with Gasteiger partial charge in [-0.3, -0.25) is 0 Å². The number of anilines is 8. The summed E-state index contributed by atoms with van der Waals surface area (Å²) in [5, 5.41) is 6.98. The Balaban J connectivity index is 0.663. The fourth-order valence-corrected chi connectivity index (χ4v) is 19.7. The highest BCUT2D eigenvalue weighted by Crippen LogP contribution is 2.60. The van der Waals surface area contributed by atoms with Crippen LogP contribution in [0.25, 0.3) is 78.3 Å². The Morgan fingerprint density at radius 1 is 0.341 bits per heavy atom. The van der Waals surface area contributed by atoms with Crippen LogP contribution in [-0.2, 0) is 34.5 Å². The Bertz CT molecular complexity index is 7320. The molecule has 0 amide bonds. The van der Waals surface area contributed by atoms with Gasteiger partial charge in [-0.2, -0.15) is 0 Å². The molecule has 0 saturated heterocycles. The van der Waals surface area contributed by atoms with Crippen molar-refractivity contribution in [1.29, 1.82) is 0 Å². The predicted octanol–water partition coefficient (Wildman–Crippen LogP) is 32.1. The van der Waals surface area contributed by atoms with Crippen molar-refractivity contribution < 1.29 is 35.9 Å². The molecular formula is C118H97F4N3O4. The topological polar surface area (TPSA) is 63.2 Å². The first-order chi connectivity index (χ1) is 62.7. The fourth-order valence-electron chi connectivity index (χ4n) is 19.7. The quantitative estimate of drug-likeness (QED) is 0.0428. The smallest absolute Gasteiger partial charge is 0.160 e. The number of hydrogen-bond donors (Lipinski definition) is 1. The number of aryl methyl sites for hydroxylation is 2. The van der Waals surface area contributed by atoms with Crippen LogP contribution in [0.2, 0.25) is 0 Å². The minimum absolute atomic E-state index is 0.0636. The third-order valence-electron chi connectivity index (χ3n) is 26.3. The molecule has 18 aromatic rings. The number of halogens is 4. The second kappa shape index (κ2) is 33.6. The van der Waals surface area contributed by atoms with Gasteiger partial charge in [-0.1, -0.05) is 285 Å². The zero-order valence-corrected chi connectivity index (χ0v) is 73.1. The van der Waals surface area contributed by atoms with E-state index in [4.69, 9.17) is 18.3 Å². The van der Waals surface area contributed by atoms with Gasteiger partial charge in [0.05, 0.1) is 46.8 Å². The number of nitrogens with zero attached hydrogens (tertiary/aromatic N) is 2. The number of hydrogen-bond acceptors (Lipinski definition) is 7. The number of furan rings is 2. The van der Waals surface area contributed by atoms with E-state index in [1.165, 1.54) is 56.6 Å². The van der Waals surface area contributed by atoms with E-state index in [-0.39, 0.29) is 10.8 Å². The van der Waals surface area contributed by atoms with E-state index >= 15 is 17.6 Å². The summed E-state index contributed by atoms with van der Waals surface area (Å²) in [6.07, 6.45) is 9.15. The highest BCUT2D eigenvalue weighted by atomic mass is 19.2. The maximum Gasteiger partial charge on any atom is 0.160 e. The summed E-state index contributed by atoms with van der Waals surface area (Å²) in [4.78, 5) is 3.79. The van der Waals surface area contributed by atoms with Crippen LogP contribution in [0.15, 0.2) is 362 Å². The van der Waals surface area contributed by atoms with Crippen LogP contribution < -0.4 is 24.6 Å². The van der Waals surface area contributed by atoms with E-state index in [0.717, 1.165) is 140 Å². The number of para-hydroxylation sites is 3. The zero-order valence-electron chi connectivity index (χ0n) is 73.1. The molecule has 636 valence electrons. The first kappa shape index (κ1) is 82.6. The summed E-state index contributed by atoms with van der Waals surface area (Å²) in [6.45, 7) is 22.4. The fraction of sp³-hybridized carbons (Fsp3) is 0.153. The Morgan fingerprint density at radius 3 is 1.21 bits per heavy atom. The average Bonchev–Trinajstić information content (AvgIpc) is 1.54. The first-order valence-corrected chi connectivity index (χ1v) is 44.5. The van der Waals surface area contributed by atoms with Crippen molar-refractivity contribution in [3.05, 3.63) is 454 Å². The molecule has 2 aliphatic carbocycles. The van der Waals surface area contributed by atoms with Crippen LogP contribution >= 0.6 is 0 Å². The van der Waals surface area contributed by atoms with Crippen LogP contribution in [0.5, 0.6) is 11.5 Å². The van der Waals surface area contributed by atoms with Crippen LogP contribution in [-0.4, -0.2) is 13.2 Å². The average molecular weight is 1700 g/mol. The molecule has 129 heavy (non-hydrogen) atoms. The molecule has 0 spiro atoms. The summed E-state index contributed by atoms with van der Waals surface area (Å²) in [7, 11) is 0. The highest BCUT2D eigenvalue weighted by molar-refractivity contribution is 6.15. The molecule has 1 N–H and O–H groups in total. The molecule has 16 aromatic carbocycles. The number of unbranched alkanes of at least 4 members (excludes halogenated alkanes) is 2. The van der Waals surface area contributed by atoms with Crippen LogP contribution in [0, 0.1) is 23.3 Å². The molecule has 0 saturated carbocycles. The standard InChI is InChI=1S/C118H97F4N3O4/c1-9-75-38-59-90(60-39-75)126-68-17-15-22-77-34-42-81(43-35-77)117(83-50-46-79(47-51-83)115(3,4)5)100-29-13-11-24-92(100)94-63-54-85(70-102(94)117)123-108-31-19-26-97-96-65-56-89(74-111(96)128-112(97)108)125(88-58-67-105(120)107(122)73-88)110-33-21-28-99-98-27-20-32-109(113(98)129-114(99)110)124(87-57-66-104(119)106(121)72-87)86-55-64-95-93-25-12-14-30-101(93)118(103(95)71-86,84-52-48-80(49-53-84)116(6,7)8)82-44-36-78(37-45-82)23-16-18-69-127-91-61-40-76(10-2)41-62-91/h9-14,19-21,24-67,70-74,123H,1-2,15-18,22-23,68-69H2,3-8H3. The van der Waals surface area contributed by atoms with Crippen molar-refractivity contribution >= 4 is 102 Å². The molecule has 0 fully saturated rings. The molecule has 2 aliphatic rings. The number of benzene rings is 16. The van der Waals surface area contributed by atoms with Crippen LogP contribution in [0.1, 0.15) is 145 Å². The van der Waals surface area contributed by atoms with Crippen molar-refractivity contribution in [3.8, 4) is 33.8 Å². The second-order valence-electron chi connectivity index (χ2n) is 36.2. The molecule has 0 bridgehead atoms. The third kappa shape index (κ3) is 15.0. The number of fused-ring (bicyclic) bond motifs is 12. The van der Waals surface area contributed by atoms with Crippen molar-refractivity contribution in [2.24, 2.45) is 0 Å². The minimum atomic E-state index is -1.04. The van der Waals surface area contributed by atoms with E-state index in [9.17, 15) is 0 Å². The van der Waals surface area contributed by atoms with Gasteiger partial charge in [-0.15, -0.1) is 0 Å². The third-order valence-corrected chi connectivity index (χ3v) is 26.3. The maximum absolute atomic E-state index is 16.4. The number of ether oxygens (including phenoxy) is 2. The normalized spacial score (nSPS) is 14.5. The zero-order chi connectivity index (χ0) is 88.5. The minimum Gasteiger partial charge on any atom is -0.494 e. The van der Waals surface area contributed by atoms with Gasteiger partial charge in [0.15, 0.2) is 40.0 Å². The Labute approximate surface area is 750 Å². The van der Waals surface area contributed by atoms with Gasteiger partial charge in [0.1, 0.15) is 17.1 Å². The predicted molar refractivity (Wildman–Crippen MR) is 522 cm³/mol. The molecule has 2 heterocycles. The highest BCUT2D eigenvalue weighted by Gasteiger charge is 2.49. The lowest BCUT2D eigenvalue weighted by molar-refractivity contribution is 0.307. The second-order valence-corrected chi connectivity index (χ2v) is 36.2. The van der Waals surface area contributed by atoms with Gasteiger partial charge in [0.25, 0.3) is 0 Å². The molecule has 11 heteroatoms. The molecule has 2 unspecified atom stereocenters. The molecule has 7 nitrogen and oxygen atoms in total. The Hall–Kier alpha value is -14.7. The molecule has 0 radical (unpaired) electrons. The van der Waals surface area contributed by atoms with Crippen LogP contribution in [0.4, 0.5) is 63.1 Å². The lowest BCUT2D eigenvalue weighted by atomic mass is 9.67. The molecule has 0 aliphatic heterocycles. The van der Waals surface area contributed by atoms with E-state index in [0.29, 0.717) is 80.4 Å². The summed E-state index contributed by atoms with van der Waals surface area (Å²) >= 11 is 0. The van der Waals surface area contributed by atoms with Crippen molar-refractivity contribution in [1.82, 2.24) is 0 Å². The van der Waals surface area contributed by atoms with Crippen molar-refractivity contribution in [3.63, 3.8) is 0 Å². The summed E-state index contributed by atoms with van der Waals surface area (Å²) in [5.74, 6) is -2.37. The van der Waals surface area contributed by atoms with Gasteiger partial charge in [-0.25, -0.2) is 17.6 Å². The van der Waals surface area contributed by atoms with Crippen molar-refractivity contribution in [2.75, 3.05) is 28.3 Å². The van der Waals surface area contributed by atoms with Crippen molar-refractivity contribution in [2.45, 2.75) is 102 Å². The summed E-state index contributed by atoms with van der Waals surface area (Å²) < 4.78 is 90.4. The number of rotatable bonds is 26. The van der Waals surface area contributed by atoms with E-state index in [2.05, 4.69) is 242 Å². The van der Waals surface area contributed by atoms with E-state index in [1.807, 2.05) is 143 Å². The number of nitrogens with one attached hydrogen (secondary N) is 1. The Kier molecular flexibility index (Phi) is 21.5. The molecule has 20 rings (SSSR count). The largest absolute Gasteiger partial charge is 0.494 e. The van der Waals surface area contributed by atoms with Crippen LogP contribution in [0.3, 0.4) is 0 Å². The van der Waals surface area contributed by atoms with Gasteiger partial charge < -0.3 is 33.4 Å². The van der Waals surface area contributed by atoms with E-state index < -0.39 is 34.1 Å². The summed E-state index contributed by atoms with van der Waals surface area (Å²) in [6, 6.07) is 115. The van der Waals surface area contributed by atoms with Gasteiger partial charge >= 0.3 is 0 Å². The Morgan fingerprint density at radius 2 is 0.744 bits per heavy atom. The maximum atomic E-state index is 16.4. The van der Waals surface area contributed by atoms with Gasteiger partial charge in [0.2, 0.25) is 0 Å². The first-order valence-electron chi connectivity index (χ1n) is 44.5. The lowest BCUT2D eigenvalue weighted by Crippen LogP contribution is -2.29. The lowest BCUT2D eigenvalue weighted by Gasteiger charge is -2.35. The van der Waals surface area contributed by atoms with E-state index in [1.54, 1.807) is 12.1 Å².